The number of imidazole rings is 1. The predicted molar refractivity (Wildman–Crippen MR) is 359 cm³/mol. The van der Waals surface area contributed by atoms with E-state index >= 15 is 0 Å². The molecule has 7 aliphatic heterocycles. The lowest BCUT2D eigenvalue weighted by molar-refractivity contribution is -0.152. The van der Waals surface area contributed by atoms with Crippen molar-refractivity contribution < 1.29 is 86.1 Å². The third kappa shape index (κ3) is 14.3. The molecule has 0 saturated carbocycles. The first-order valence-corrected chi connectivity index (χ1v) is 34.6. The summed E-state index contributed by atoms with van der Waals surface area (Å²) in [5, 5.41) is 24.0. The van der Waals surface area contributed by atoms with Gasteiger partial charge in [0.1, 0.15) is 25.4 Å². The van der Waals surface area contributed by atoms with Crippen molar-refractivity contribution in [1.29, 1.82) is 0 Å². The summed E-state index contributed by atoms with van der Waals surface area (Å²) in [7, 11) is -4.39. The maximum atomic E-state index is 14.7. The highest BCUT2D eigenvalue weighted by Gasteiger charge is 2.70. The summed E-state index contributed by atoms with van der Waals surface area (Å²) in [5.41, 5.74) is 35.6. The number of carboxylic acids is 1. The van der Waals surface area contributed by atoms with E-state index in [0.29, 0.717) is 51.4 Å². The number of primary amides is 6. The van der Waals surface area contributed by atoms with Crippen LogP contribution in [-0.2, 0) is 71.0 Å². The molecule has 32 heteroatoms. The Kier molecular flexibility index (Phi) is 21.6. The first kappa shape index (κ1) is 75.0. The number of allylic oxidation sites excluding steroid dienone is 6. The van der Waals surface area contributed by atoms with Crippen molar-refractivity contribution >= 4 is 96.0 Å². The second-order valence-corrected chi connectivity index (χ2v) is 30.5. The van der Waals surface area contributed by atoms with Crippen LogP contribution in [0.1, 0.15) is 156 Å². The highest BCUT2D eigenvalue weighted by atomic mass is 31.2. The van der Waals surface area contributed by atoms with Gasteiger partial charge in [-0.1, -0.05) is 34.6 Å². The Bertz CT molecular complexity index is 3880. The number of fused-ring (bicyclic) bond motifs is 7. The maximum absolute atomic E-state index is 14.7. The van der Waals surface area contributed by atoms with Crippen molar-refractivity contribution in [1.82, 2.24) is 19.8 Å². The number of aliphatic carboxylic acids is 1. The van der Waals surface area contributed by atoms with Crippen LogP contribution in [0, 0.1) is 59.2 Å². The number of hydrogen-bond acceptors (Lipinski definition) is 21. The minimum absolute atomic E-state index is 0.0620. The van der Waals surface area contributed by atoms with Gasteiger partial charge >= 0.3 is 20.1 Å². The predicted octanol–water partition coefficient (Wildman–Crippen LogP) is 3.03. The van der Waals surface area contributed by atoms with E-state index in [-0.39, 0.29) is 82.3 Å². The molecule has 5 unspecified atom stereocenters. The third-order valence-corrected chi connectivity index (χ3v) is 23.7. The van der Waals surface area contributed by atoms with Gasteiger partial charge in [-0.25, -0.2) is 4.98 Å². The van der Waals surface area contributed by atoms with Gasteiger partial charge < -0.3 is 68.9 Å². The molecule has 8 bridgehead atoms. The Labute approximate surface area is 573 Å². The van der Waals surface area contributed by atoms with Crippen molar-refractivity contribution in [3.05, 3.63) is 63.9 Å². The van der Waals surface area contributed by atoms with E-state index in [1.807, 2.05) is 46.8 Å². The molecule has 0 radical (unpaired) electrons. The zero-order chi connectivity index (χ0) is 73.0. The van der Waals surface area contributed by atoms with Gasteiger partial charge in [-0.2, -0.15) is 9.42 Å². The molecule has 0 spiro atoms. The van der Waals surface area contributed by atoms with Crippen LogP contribution in [0.3, 0.4) is 0 Å². The number of aryl methyl sites for hydroxylation is 2. The Morgan fingerprint density at radius 3 is 1.99 bits per heavy atom. The quantitative estimate of drug-likeness (QED) is 0.0318. The number of aliphatic imine (C=N–C) groups is 3. The number of aliphatic hydroxyl groups excluding tert-OH is 1. The van der Waals surface area contributed by atoms with Crippen LogP contribution < -0.4 is 39.7 Å². The third-order valence-electron chi connectivity index (χ3n) is 22.1. The van der Waals surface area contributed by atoms with Gasteiger partial charge in [-0.15, -0.1) is 9.05 Å². The molecule has 7 aliphatic rings. The topological polar surface area (TPSA) is 504 Å². The van der Waals surface area contributed by atoms with Crippen molar-refractivity contribution in [2.24, 2.45) is 94.7 Å². The van der Waals surface area contributed by atoms with Gasteiger partial charge in [-0.05, 0) is 101 Å². The van der Waals surface area contributed by atoms with Crippen LogP contribution in [0.2, 0.25) is 0 Å². The van der Waals surface area contributed by atoms with Crippen LogP contribution in [0.4, 0.5) is 0 Å². The smallest absolute Gasteiger partial charge is 0.481 e. The number of hydrogen-bond donors (Lipinski definition) is 10. The van der Waals surface area contributed by atoms with E-state index in [1.165, 1.54) is 11.2 Å². The molecule has 31 nitrogen and oxygen atoms in total. The second kappa shape index (κ2) is 28.4. The molecule has 99 heavy (non-hydrogen) atoms. The van der Waals surface area contributed by atoms with E-state index < -0.39 is 181 Å². The van der Waals surface area contributed by atoms with Gasteiger partial charge in [0, 0.05) is 119 Å². The Morgan fingerprint density at radius 2 is 1.38 bits per heavy atom. The average molecular weight is 1400 g/mol. The zero-order valence-corrected chi connectivity index (χ0v) is 58.4. The molecule has 9 rings (SSSR count). The molecule has 8 amide bonds. The summed E-state index contributed by atoms with van der Waals surface area (Å²) < 4.78 is 31.1. The standard InChI is InChI=1S/C67H92N13O18P/c1-32-21-42-43(22-33(32)2)79(30-75-42)62-57(92)58(44(96-62)29-94-54(91)18-17-53(89)90)98-99(93)95-28-36(97-99)27-74-52(88)19-20-64(7)40(23-49(71)85)61-67(10)66(9,26-51(73)87)39(13-16-48(70)84)56(80(67)31-81)35(4)60-65(8,25-50(72)86)37(11-14-46(68)82)41(76-60)24-45-63(5,6)38(12-15-47(69)83)55(77-45)34(3)59(64)78-61/h21-22,24,30-31,36-40,44,57-58,61-62,92-93H,11-20,23,25-29H2,1-10H3,(H13-,68,69,70,71,72,73,74,82,83,84,85,86,87,88,89,90)/p+1/t36-,37+,38?,39+,40-,44?,57+,58?,61?,62-,64+,65-,66-,67-,99?/m0/s1. The number of esters is 1. The highest BCUT2D eigenvalue weighted by Crippen LogP contribution is 2.67. The summed E-state index contributed by atoms with van der Waals surface area (Å²) in [6.45, 7) is 17.1. The fourth-order valence-corrected chi connectivity index (χ4v) is 18.2. The first-order chi connectivity index (χ1) is 46.2. The number of nitrogens with two attached hydrogens (primary N) is 6. The number of aliphatic hydroxyl groups is 1. The number of carboxylic acid groups (broad SMARTS) is 1. The Morgan fingerprint density at radius 1 is 0.758 bits per heavy atom. The SMILES string of the molecule is CC1=C2N=C(C=C3N=C(C(C)=C4[C@@H](CCC(N)=O)[C@](C)(CC(N)=O)[C@](C)(C5N=C1[C@](C)(CCC(=O)NC[C@H]1CO[P+](O)(OC6C(COC(=O)CCC(=O)O)O[C@H](n7cnc8cc(C)c(C)cc87)[C@@H]6O)O1)[C@H]5CC(N)=O)N4C=O)[C@@](C)(CC(N)=O)[C@@H]3CCC(N)=O)C(C)(C)C2CCC(N)=O. The number of amides is 8. The summed E-state index contributed by atoms with van der Waals surface area (Å²) in [4.78, 5) is 167. The number of nitrogens with zero attached hydrogens (tertiary/aromatic N) is 6. The maximum Gasteiger partial charge on any atom is 0.573 e. The van der Waals surface area contributed by atoms with Crippen molar-refractivity contribution in [3.63, 3.8) is 0 Å². The molecule has 3 fully saturated rings. The molecule has 0 aliphatic carbocycles. The fraction of sp³-hybridized carbons (Fsp3) is 0.612. The first-order valence-electron chi connectivity index (χ1n) is 33.1. The number of ether oxygens (including phenoxy) is 2. The number of carbonyl (C=O) groups is 10. The molecule has 2 aromatic rings. The minimum Gasteiger partial charge on any atom is -0.481 e. The van der Waals surface area contributed by atoms with Crippen molar-refractivity contribution in [2.75, 3.05) is 19.8 Å². The second-order valence-electron chi connectivity index (χ2n) is 28.9. The molecule has 15 atom stereocenters. The van der Waals surface area contributed by atoms with Crippen molar-refractivity contribution in [3.8, 4) is 0 Å². The molecule has 1 aromatic carbocycles. The summed E-state index contributed by atoms with van der Waals surface area (Å²) >= 11 is 0. The minimum atomic E-state index is -4.39. The number of nitrogens with one attached hydrogen (secondary N) is 1. The number of rotatable bonds is 29. The molecule has 1 aromatic heterocycles. The molecular weight excluding hydrogens is 1310 g/mol. The lowest BCUT2D eigenvalue weighted by Crippen LogP contribution is -2.61. The van der Waals surface area contributed by atoms with E-state index in [9.17, 15) is 57.9 Å². The van der Waals surface area contributed by atoms with Gasteiger partial charge in [0.25, 0.3) is 0 Å². The largest absolute Gasteiger partial charge is 0.573 e. The fourth-order valence-electron chi connectivity index (χ4n) is 16.6. The number of aromatic nitrogens is 2. The van der Waals surface area contributed by atoms with E-state index in [2.05, 4.69) is 10.3 Å². The normalized spacial score (nSPS) is 32.2. The summed E-state index contributed by atoms with van der Waals surface area (Å²) in [5.74, 6) is -10.2. The Hall–Kier alpha value is -8.19. The lowest BCUT2D eigenvalue weighted by atomic mass is 9.56. The zero-order valence-electron chi connectivity index (χ0n) is 57.5. The average Bonchev–Trinajstić information content (AvgIpc) is 1.52. The van der Waals surface area contributed by atoms with Gasteiger partial charge in [0.15, 0.2) is 18.4 Å². The molecule has 16 N–H and O–H groups in total. The molecule has 3 saturated heterocycles. The summed E-state index contributed by atoms with van der Waals surface area (Å²) in [6.07, 6.45) is -5.60. The molecule has 538 valence electrons. The van der Waals surface area contributed by atoms with E-state index in [4.69, 9.17) is 77.5 Å². The van der Waals surface area contributed by atoms with Gasteiger partial charge in [0.2, 0.25) is 47.8 Å². The van der Waals surface area contributed by atoms with Crippen molar-refractivity contribution in [2.45, 2.75) is 195 Å². The monoisotopic (exact) mass is 1400 g/mol. The molecule has 8 heterocycles. The summed E-state index contributed by atoms with van der Waals surface area (Å²) in [6, 6.07) is 2.50. The van der Waals surface area contributed by atoms with E-state index in [0.717, 1.165) is 11.1 Å². The number of benzene rings is 1. The van der Waals surface area contributed by atoms with Crippen LogP contribution >= 0.6 is 8.17 Å². The van der Waals surface area contributed by atoms with Crippen LogP contribution in [0.25, 0.3) is 11.0 Å². The number of carbonyl (C=O) groups excluding carboxylic acids is 9. The van der Waals surface area contributed by atoms with Crippen LogP contribution in [0.5, 0.6) is 0 Å². The Balaban J connectivity index is 1.10. The van der Waals surface area contributed by atoms with Crippen LogP contribution in [0.15, 0.2) is 67.8 Å². The lowest BCUT2D eigenvalue weighted by Gasteiger charge is -2.50. The molecular formula is C67H93N13O18P+. The van der Waals surface area contributed by atoms with E-state index in [1.54, 1.807) is 45.3 Å². The highest BCUT2D eigenvalue weighted by molar-refractivity contribution is 7.55. The van der Waals surface area contributed by atoms with Crippen LogP contribution in [-0.4, -0.2) is 162 Å². The van der Waals surface area contributed by atoms with Gasteiger partial charge in [0.05, 0.1) is 54.0 Å². The van der Waals surface area contributed by atoms with Gasteiger partial charge in [-0.3, -0.25) is 62.9 Å².